The van der Waals surface area contributed by atoms with Crippen LogP contribution in [0.2, 0.25) is 19.1 Å². The maximum absolute atomic E-state index is 9.90. The molecule has 0 heterocycles. The number of nitrogens with one attached hydrogen (secondary N) is 1. The molecule has 0 bridgehead atoms. The van der Waals surface area contributed by atoms with Crippen molar-refractivity contribution in [3.05, 3.63) is 0 Å². The Morgan fingerprint density at radius 3 is 2.25 bits per heavy atom. The molecule has 1 N–H and O–H groups in total. The van der Waals surface area contributed by atoms with E-state index in [2.05, 4.69) is 25.0 Å². The number of hydrogen-bond acceptors (Lipinski definition) is 1. The van der Waals surface area contributed by atoms with Gasteiger partial charge in [-0.2, -0.15) is 0 Å². The molecule has 0 aliphatic rings. The second-order valence-electron chi connectivity index (χ2n) is 2.50. The van der Waals surface area contributed by atoms with Crippen molar-refractivity contribution >= 4 is 14.6 Å². The lowest BCUT2D eigenvalue weighted by Crippen LogP contribution is -2.42. The lowest BCUT2D eigenvalue weighted by Gasteiger charge is -2.17. The van der Waals surface area contributed by atoms with Crippen molar-refractivity contribution in [2.24, 2.45) is 0 Å². The standard InChI is InChI=1S/C5H13NOSi/c1-4-8(2,3)6-5-7/h5H,4H2,1-3H3,(H,6,7). The lowest BCUT2D eigenvalue weighted by molar-refractivity contribution is -0.108. The summed E-state index contributed by atoms with van der Waals surface area (Å²) in [7, 11) is -1.30. The van der Waals surface area contributed by atoms with Gasteiger partial charge in [0.05, 0.1) is 0 Å². The van der Waals surface area contributed by atoms with Gasteiger partial charge in [0.1, 0.15) is 8.24 Å². The molecule has 8 heavy (non-hydrogen) atoms. The van der Waals surface area contributed by atoms with Crippen LogP contribution in [0.4, 0.5) is 0 Å². The number of hydrogen-bond donors (Lipinski definition) is 1. The highest BCUT2D eigenvalue weighted by Gasteiger charge is 2.15. The molecule has 48 valence electrons. The van der Waals surface area contributed by atoms with E-state index in [1.54, 1.807) is 0 Å². The minimum absolute atomic E-state index is 0.801. The van der Waals surface area contributed by atoms with Gasteiger partial charge in [-0.15, -0.1) is 0 Å². The smallest absolute Gasteiger partial charge is 0.199 e. The van der Waals surface area contributed by atoms with E-state index in [-0.39, 0.29) is 0 Å². The zero-order valence-electron chi connectivity index (χ0n) is 5.69. The summed E-state index contributed by atoms with van der Waals surface area (Å²) < 4.78 is 0. The monoisotopic (exact) mass is 131 g/mol. The summed E-state index contributed by atoms with van der Waals surface area (Å²) >= 11 is 0. The molecule has 0 saturated carbocycles. The Labute approximate surface area is 51.4 Å². The third-order valence-corrected chi connectivity index (χ3v) is 4.00. The highest BCUT2D eigenvalue weighted by atomic mass is 28.3. The Bertz CT molecular complexity index is 82.5. The second kappa shape index (κ2) is 2.87. The molecular weight excluding hydrogens is 118 g/mol. The molecule has 0 aromatic carbocycles. The van der Waals surface area contributed by atoms with Gasteiger partial charge < -0.3 is 4.98 Å². The Morgan fingerprint density at radius 2 is 2.12 bits per heavy atom. The van der Waals surface area contributed by atoms with Gasteiger partial charge in [0, 0.05) is 0 Å². The maximum Gasteiger partial charge on any atom is 0.199 e. The first-order valence-corrected chi connectivity index (χ1v) is 6.04. The van der Waals surface area contributed by atoms with Crippen molar-refractivity contribution in [1.82, 2.24) is 4.98 Å². The average molecular weight is 131 g/mol. The third kappa shape index (κ3) is 2.79. The van der Waals surface area contributed by atoms with Gasteiger partial charge in [0.15, 0.2) is 6.41 Å². The van der Waals surface area contributed by atoms with Gasteiger partial charge in [-0.05, 0) is 6.04 Å². The van der Waals surface area contributed by atoms with E-state index in [0.29, 0.717) is 0 Å². The van der Waals surface area contributed by atoms with Crippen molar-refractivity contribution in [2.45, 2.75) is 26.1 Å². The van der Waals surface area contributed by atoms with E-state index in [0.717, 1.165) is 12.5 Å². The molecule has 2 nitrogen and oxygen atoms in total. The number of amides is 1. The van der Waals surface area contributed by atoms with Gasteiger partial charge in [-0.1, -0.05) is 20.0 Å². The Balaban J connectivity index is 3.53. The van der Waals surface area contributed by atoms with Gasteiger partial charge in [0.2, 0.25) is 0 Å². The molecule has 0 unspecified atom stereocenters. The van der Waals surface area contributed by atoms with Crippen LogP contribution in [0.3, 0.4) is 0 Å². The number of carbonyl (C=O) groups excluding carboxylic acids is 1. The predicted molar refractivity (Wildman–Crippen MR) is 37.2 cm³/mol. The summed E-state index contributed by atoms with van der Waals surface area (Å²) in [6.45, 7) is 6.35. The van der Waals surface area contributed by atoms with Crippen LogP contribution in [-0.2, 0) is 4.79 Å². The fraction of sp³-hybridized carbons (Fsp3) is 0.800. The molecule has 0 radical (unpaired) electrons. The first kappa shape index (κ1) is 7.69. The Kier molecular flexibility index (Phi) is 2.75. The molecule has 0 atom stereocenters. The number of rotatable bonds is 3. The zero-order valence-corrected chi connectivity index (χ0v) is 6.69. The molecule has 0 aliphatic heterocycles. The normalized spacial score (nSPS) is 10.9. The summed E-state index contributed by atoms with van der Waals surface area (Å²) in [6, 6.07) is 1.10. The fourth-order valence-electron chi connectivity index (χ4n) is 0.262. The summed E-state index contributed by atoms with van der Waals surface area (Å²) in [4.78, 5) is 12.7. The molecule has 3 heteroatoms. The highest BCUT2D eigenvalue weighted by molar-refractivity contribution is 6.76. The number of carbonyl (C=O) groups is 1. The summed E-state index contributed by atoms with van der Waals surface area (Å²) in [5.41, 5.74) is 0. The maximum atomic E-state index is 9.90. The lowest BCUT2D eigenvalue weighted by atomic mass is 11.0. The van der Waals surface area contributed by atoms with Gasteiger partial charge in [-0.3, -0.25) is 4.79 Å². The van der Waals surface area contributed by atoms with Crippen LogP contribution < -0.4 is 4.98 Å². The SMILES string of the molecule is CC[Si](C)(C)NC=O. The molecule has 1 amide bonds. The van der Waals surface area contributed by atoms with Crippen LogP contribution >= 0.6 is 0 Å². The fourth-order valence-corrected chi connectivity index (χ4v) is 0.785. The van der Waals surface area contributed by atoms with E-state index < -0.39 is 8.24 Å². The van der Waals surface area contributed by atoms with E-state index in [4.69, 9.17) is 0 Å². The molecule has 0 spiro atoms. The van der Waals surface area contributed by atoms with Crippen molar-refractivity contribution in [1.29, 1.82) is 0 Å². The minimum Gasteiger partial charge on any atom is -0.385 e. The van der Waals surface area contributed by atoms with Crippen molar-refractivity contribution in [3.63, 3.8) is 0 Å². The zero-order chi connectivity index (χ0) is 6.62. The summed E-state index contributed by atoms with van der Waals surface area (Å²) in [6.07, 6.45) is 0.801. The quantitative estimate of drug-likeness (QED) is 0.448. The molecule has 0 rings (SSSR count). The first-order valence-electron chi connectivity index (χ1n) is 2.84. The van der Waals surface area contributed by atoms with Crippen LogP contribution in [0.1, 0.15) is 6.92 Å². The molecule has 0 fully saturated rings. The van der Waals surface area contributed by atoms with Crippen molar-refractivity contribution < 1.29 is 4.79 Å². The third-order valence-electron chi connectivity index (χ3n) is 1.33. The van der Waals surface area contributed by atoms with E-state index in [1.165, 1.54) is 0 Å². The average Bonchev–Trinajstić information content (AvgIpc) is 1.67. The molecule has 0 saturated heterocycles. The van der Waals surface area contributed by atoms with Crippen LogP contribution in [0.5, 0.6) is 0 Å². The van der Waals surface area contributed by atoms with Gasteiger partial charge >= 0.3 is 0 Å². The summed E-state index contributed by atoms with van der Waals surface area (Å²) in [5, 5.41) is 0. The van der Waals surface area contributed by atoms with Crippen LogP contribution in [-0.4, -0.2) is 14.6 Å². The Morgan fingerprint density at radius 1 is 1.62 bits per heavy atom. The largest absolute Gasteiger partial charge is 0.385 e. The van der Waals surface area contributed by atoms with E-state index in [1.807, 2.05) is 0 Å². The topological polar surface area (TPSA) is 29.1 Å². The second-order valence-corrected chi connectivity index (χ2v) is 7.26. The minimum atomic E-state index is -1.30. The van der Waals surface area contributed by atoms with Crippen LogP contribution in [0.15, 0.2) is 0 Å². The molecular formula is C5H13NOSi. The predicted octanol–water partition coefficient (Wildman–Crippen LogP) is 0.957. The van der Waals surface area contributed by atoms with Crippen molar-refractivity contribution in [3.8, 4) is 0 Å². The highest BCUT2D eigenvalue weighted by Crippen LogP contribution is 2.00. The molecule has 0 aliphatic carbocycles. The van der Waals surface area contributed by atoms with Crippen LogP contribution in [0.25, 0.3) is 0 Å². The summed E-state index contributed by atoms with van der Waals surface area (Å²) in [5.74, 6) is 0. The van der Waals surface area contributed by atoms with Gasteiger partial charge in [-0.25, -0.2) is 0 Å². The van der Waals surface area contributed by atoms with E-state index in [9.17, 15) is 4.79 Å². The molecule has 0 aromatic heterocycles. The Hall–Kier alpha value is -0.313. The van der Waals surface area contributed by atoms with E-state index >= 15 is 0 Å². The molecule has 0 aromatic rings. The van der Waals surface area contributed by atoms with Crippen molar-refractivity contribution in [2.75, 3.05) is 0 Å². The van der Waals surface area contributed by atoms with Crippen LogP contribution in [0, 0.1) is 0 Å². The van der Waals surface area contributed by atoms with Gasteiger partial charge in [0.25, 0.3) is 0 Å². The first-order chi connectivity index (χ1) is 3.62.